The Labute approximate surface area is 142 Å². The van der Waals surface area contributed by atoms with Gasteiger partial charge in [0.05, 0.1) is 5.03 Å². The summed E-state index contributed by atoms with van der Waals surface area (Å²) in [5.74, 6) is -0.206. The summed E-state index contributed by atoms with van der Waals surface area (Å²) in [6, 6.07) is 13.4. The third kappa shape index (κ3) is 3.72. The minimum atomic E-state index is -0.710. The van der Waals surface area contributed by atoms with Gasteiger partial charge in [0.1, 0.15) is 6.10 Å². The Morgan fingerprint density at radius 3 is 2.96 bits per heavy atom. The topological polar surface area (TPSA) is 62.2 Å². The van der Waals surface area contributed by atoms with Crippen LogP contribution in [-0.2, 0) is 0 Å². The number of pyridine rings is 1. The molecule has 0 bridgehead atoms. The molecule has 2 N–H and O–H groups in total. The quantitative estimate of drug-likeness (QED) is 0.696. The molecule has 0 saturated carbocycles. The number of nitrogens with zero attached hydrogens (tertiary/aromatic N) is 1. The number of aliphatic hydroxyl groups excluding tert-OH is 1. The van der Waals surface area contributed by atoms with Gasteiger partial charge in [0, 0.05) is 27.9 Å². The lowest BCUT2D eigenvalue weighted by Gasteiger charge is -2.10. The summed E-state index contributed by atoms with van der Waals surface area (Å²) >= 11 is 3.03. The Bertz CT molecular complexity index is 799. The first kappa shape index (κ1) is 16.0. The van der Waals surface area contributed by atoms with E-state index >= 15 is 0 Å². The Morgan fingerprint density at radius 2 is 2.17 bits per heavy atom. The lowest BCUT2D eigenvalue weighted by Crippen LogP contribution is -2.28. The normalized spacial score (nSPS) is 12.3. The Balaban J connectivity index is 1.65. The molecule has 23 heavy (non-hydrogen) atoms. The van der Waals surface area contributed by atoms with Crippen LogP contribution in [0.25, 0.3) is 10.1 Å². The lowest BCUT2D eigenvalue weighted by atomic mass is 10.2. The van der Waals surface area contributed by atoms with Gasteiger partial charge in [-0.2, -0.15) is 0 Å². The van der Waals surface area contributed by atoms with E-state index in [0.717, 1.165) is 20.0 Å². The van der Waals surface area contributed by atoms with E-state index in [9.17, 15) is 9.90 Å². The van der Waals surface area contributed by atoms with Gasteiger partial charge in [0.15, 0.2) is 0 Å². The molecule has 3 aromatic rings. The highest BCUT2D eigenvalue weighted by molar-refractivity contribution is 7.98. The number of hydrogen-bond donors (Lipinski definition) is 2. The molecule has 1 aromatic carbocycles. The lowest BCUT2D eigenvalue weighted by molar-refractivity contribution is 0.0917. The number of carbonyl (C=O) groups is 1. The number of carbonyl (C=O) groups excluding carboxylic acids is 1. The fourth-order valence-electron chi connectivity index (χ4n) is 2.22. The molecule has 1 atom stereocenters. The van der Waals surface area contributed by atoms with Crippen LogP contribution >= 0.6 is 23.1 Å². The fraction of sp³-hybridized carbons (Fsp3) is 0.176. The Kier molecular flexibility index (Phi) is 4.95. The van der Waals surface area contributed by atoms with E-state index in [1.807, 2.05) is 36.6 Å². The zero-order valence-electron chi connectivity index (χ0n) is 12.5. The summed E-state index contributed by atoms with van der Waals surface area (Å²) in [6.07, 6.45) is 2.82. The van der Waals surface area contributed by atoms with E-state index in [1.165, 1.54) is 11.8 Å². The molecule has 2 aromatic heterocycles. The Morgan fingerprint density at radius 1 is 1.35 bits per heavy atom. The van der Waals surface area contributed by atoms with Gasteiger partial charge >= 0.3 is 0 Å². The van der Waals surface area contributed by atoms with E-state index in [4.69, 9.17) is 0 Å². The number of hydrogen-bond acceptors (Lipinski definition) is 5. The Hall–Kier alpha value is -1.89. The highest BCUT2D eigenvalue weighted by atomic mass is 32.2. The van der Waals surface area contributed by atoms with Gasteiger partial charge in [-0.25, -0.2) is 4.98 Å². The van der Waals surface area contributed by atoms with E-state index < -0.39 is 6.10 Å². The van der Waals surface area contributed by atoms with Gasteiger partial charge in [0.2, 0.25) is 0 Å². The number of rotatable bonds is 5. The van der Waals surface area contributed by atoms with E-state index in [0.29, 0.717) is 5.56 Å². The molecule has 0 aliphatic carbocycles. The van der Waals surface area contributed by atoms with Crippen LogP contribution < -0.4 is 5.32 Å². The number of thiophene rings is 1. The molecule has 0 aliphatic heterocycles. The summed E-state index contributed by atoms with van der Waals surface area (Å²) in [4.78, 5) is 17.2. The van der Waals surface area contributed by atoms with Gasteiger partial charge in [-0.15, -0.1) is 23.1 Å². The summed E-state index contributed by atoms with van der Waals surface area (Å²) in [5, 5.41) is 15.0. The maximum absolute atomic E-state index is 12.2. The highest BCUT2D eigenvalue weighted by Gasteiger charge is 2.14. The third-order valence-corrected chi connectivity index (χ3v) is 5.29. The van der Waals surface area contributed by atoms with Crippen molar-refractivity contribution in [2.24, 2.45) is 0 Å². The molecule has 4 nitrogen and oxygen atoms in total. The molecule has 6 heteroatoms. The van der Waals surface area contributed by atoms with Crippen molar-refractivity contribution >= 4 is 39.1 Å². The molecule has 0 radical (unpaired) electrons. The molecule has 0 aliphatic rings. The predicted molar refractivity (Wildman–Crippen MR) is 95.1 cm³/mol. The van der Waals surface area contributed by atoms with Crippen molar-refractivity contribution in [3.8, 4) is 0 Å². The number of nitrogens with one attached hydrogen (secondary N) is 1. The number of amides is 1. The first-order chi connectivity index (χ1) is 11.2. The van der Waals surface area contributed by atoms with E-state index in [1.54, 1.807) is 29.7 Å². The van der Waals surface area contributed by atoms with Gasteiger partial charge in [-0.05, 0) is 35.9 Å². The summed E-state index contributed by atoms with van der Waals surface area (Å²) in [5.41, 5.74) is 0.549. The first-order valence-corrected chi connectivity index (χ1v) is 9.16. The fourth-order valence-corrected chi connectivity index (χ4v) is 3.68. The largest absolute Gasteiger partial charge is 0.386 e. The maximum atomic E-state index is 12.2. The second-order valence-electron chi connectivity index (χ2n) is 5.00. The molecule has 0 spiro atoms. The summed E-state index contributed by atoms with van der Waals surface area (Å²) in [7, 11) is 0. The van der Waals surface area contributed by atoms with Crippen LogP contribution in [-0.4, -0.2) is 28.8 Å². The minimum Gasteiger partial charge on any atom is -0.386 e. The average molecular weight is 344 g/mol. The molecule has 0 fully saturated rings. The molecule has 118 valence electrons. The van der Waals surface area contributed by atoms with E-state index in [2.05, 4.69) is 10.3 Å². The van der Waals surface area contributed by atoms with Gasteiger partial charge < -0.3 is 10.4 Å². The zero-order chi connectivity index (χ0) is 16.2. The predicted octanol–water partition coefficient (Wildman–Crippen LogP) is 3.48. The number of benzene rings is 1. The SMILES string of the molecule is CSc1cc(C(=O)NCC(O)c2cc3ccccc3s2)ccn1. The van der Waals surface area contributed by atoms with Gasteiger partial charge in [-0.1, -0.05) is 18.2 Å². The number of aromatic nitrogens is 1. The molecular formula is C17H16N2O2S2. The van der Waals surface area contributed by atoms with Crippen molar-refractivity contribution in [1.82, 2.24) is 10.3 Å². The van der Waals surface area contributed by atoms with Crippen molar-refractivity contribution in [2.75, 3.05) is 12.8 Å². The van der Waals surface area contributed by atoms with Crippen molar-refractivity contribution in [1.29, 1.82) is 0 Å². The molecule has 0 saturated heterocycles. The molecule has 3 rings (SSSR count). The van der Waals surface area contributed by atoms with Crippen LogP contribution in [0.5, 0.6) is 0 Å². The minimum absolute atomic E-state index is 0.183. The second kappa shape index (κ2) is 7.12. The average Bonchev–Trinajstić information content (AvgIpc) is 3.03. The van der Waals surface area contributed by atoms with Crippen LogP contribution in [0.4, 0.5) is 0 Å². The monoisotopic (exact) mass is 344 g/mol. The summed E-state index contributed by atoms with van der Waals surface area (Å²) < 4.78 is 1.13. The van der Waals surface area contributed by atoms with Gasteiger partial charge in [0.25, 0.3) is 5.91 Å². The van der Waals surface area contributed by atoms with Crippen LogP contribution in [0, 0.1) is 0 Å². The van der Waals surface area contributed by atoms with Crippen molar-refractivity contribution in [3.63, 3.8) is 0 Å². The maximum Gasteiger partial charge on any atom is 0.251 e. The van der Waals surface area contributed by atoms with Crippen molar-refractivity contribution in [3.05, 3.63) is 59.1 Å². The first-order valence-electron chi connectivity index (χ1n) is 7.12. The smallest absolute Gasteiger partial charge is 0.251 e. The zero-order valence-corrected chi connectivity index (χ0v) is 14.2. The third-order valence-electron chi connectivity index (χ3n) is 3.44. The molecule has 1 amide bonds. The number of aliphatic hydroxyl groups is 1. The second-order valence-corrected chi connectivity index (χ2v) is 6.94. The standard InChI is InChI=1S/C17H16N2O2S2/c1-22-16-9-12(6-7-18-16)17(21)19-10-13(20)15-8-11-4-2-3-5-14(11)23-15/h2-9,13,20H,10H2,1H3,(H,19,21). The highest BCUT2D eigenvalue weighted by Crippen LogP contribution is 2.29. The van der Waals surface area contributed by atoms with E-state index in [-0.39, 0.29) is 12.5 Å². The van der Waals surface area contributed by atoms with Crippen molar-refractivity contribution in [2.45, 2.75) is 11.1 Å². The molecular weight excluding hydrogens is 328 g/mol. The van der Waals surface area contributed by atoms with Gasteiger partial charge in [-0.3, -0.25) is 4.79 Å². The molecule has 2 heterocycles. The van der Waals surface area contributed by atoms with Crippen LogP contribution in [0.3, 0.4) is 0 Å². The number of fused-ring (bicyclic) bond motifs is 1. The molecule has 1 unspecified atom stereocenters. The van der Waals surface area contributed by atoms with Crippen LogP contribution in [0.2, 0.25) is 0 Å². The van der Waals surface area contributed by atoms with Crippen LogP contribution in [0.1, 0.15) is 21.3 Å². The number of thioether (sulfide) groups is 1. The summed E-state index contributed by atoms with van der Waals surface area (Å²) in [6.45, 7) is 0.183. The van der Waals surface area contributed by atoms with Crippen LogP contribution in [0.15, 0.2) is 53.7 Å². The van der Waals surface area contributed by atoms with Crippen molar-refractivity contribution < 1.29 is 9.90 Å².